The van der Waals surface area contributed by atoms with Crippen LogP contribution in [0.2, 0.25) is 5.02 Å². The first kappa shape index (κ1) is 17.3. The van der Waals surface area contributed by atoms with Crippen molar-refractivity contribution in [2.24, 2.45) is 5.73 Å². The van der Waals surface area contributed by atoms with Crippen LogP contribution in [0.5, 0.6) is 5.75 Å². The first-order valence-electron chi connectivity index (χ1n) is 7.97. The number of methoxy groups -OCH3 is 1. The third-order valence-corrected chi connectivity index (χ3v) is 4.70. The van der Waals surface area contributed by atoms with Gasteiger partial charge in [-0.3, -0.25) is 14.7 Å². The monoisotopic (exact) mass is 362 g/mol. The molecule has 3 rings (SSSR count). The second-order valence-electron chi connectivity index (χ2n) is 5.98. The van der Waals surface area contributed by atoms with E-state index in [9.17, 15) is 9.59 Å². The molecule has 3 N–H and O–H groups in total. The molecule has 132 valence electrons. The number of aromatic amines is 1. The zero-order valence-electron chi connectivity index (χ0n) is 13.8. The van der Waals surface area contributed by atoms with Crippen molar-refractivity contribution in [3.8, 4) is 5.75 Å². The van der Waals surface area contributed by atoms with Gasteiger partial charge in [-0.2, -0.15) is 5.10 Å². The highest BCUT2D eigenvalue weighted by Crippen LogP contribution is 2.30. The summed E-state index contributed by atoms with van der Waals surface area (Å²) in [6.45, 7) is 1.20. The lowest BCUT2D eigenvalue weighted by Crippen LogP contribution is -2.38. The molecule has 2 heterocycles. The highest BCUT2D eigenvalue weighted by atomic mass is 35.5. The van der Waals surface area contributed by atoms with Gasteiger partial charge < -0.3 is 15.4 Å². The van der Waals surface area contributed by atoms with E-state index >= 15 is 0 Å². The van der Waals surface area contributed by atoms with Crippen LogP contribution in [-0.4, -0.2) is 47.1 Å². The number of primary amides is 1. The van der Waals surface area contributed by atoms with Gasteiger partial charge >= 0.3 is 0 Å². The molecule has 0 radical (unpaired) electrons. The normalized spacial score (nSPS) is 15.2. The average molecular weight is 363 g/mol. The molecule has 0 atom stereocenters. The number of ether oxygens (including phenoxy) is 1. The fourth-order valence-corrected chi connectivity index (χ4v) is 3.26. The maximum atomic E-state index is 12.8. The highest BCUT2D eigenvalue weighted by molar-refractivity contribution is 6.31. The molecule has 0 spiro atoms. The van der Waals surface area contributed by atoms with E-state index in [0.717, 1.165) is 18.5 Å². The van der Waals surface area contributed by atoms with Gasteiger partial charge in [0, 0.05) is 29.7 Å². The number of carbonyl (C=O) groups excluding carboxylic acids is 2. The van der Waals surface area contributed by atoms with Gasteiger partial charge in [-0.25, -0.2) is 0 Å². The van der Waals surface area contributed by atoms with Crippen LogP contribution in [0.1, 0.15) is 45.3 Å². The number of benzene rings is 1. The molecule has 2 amide bonds. The molecule has 1 aliphatic rings. The second-order valence-corrected chi connectivity index (χ2v) is 6.42. The minimum absolute atomic E-state index is 0.0970. The fourth-order valence-electron chi connectivity index (χ4n) is 3.08. The van der Waals surface area contributed by atoms with Crippen molar-refractivity contribution in [3.05, 3.63) is 46.2 Å². The van der Waals surface area contributed by atoms with Crippen LogP contribution >= 0.6 is 11.6 Å². The summed E-state index contributed by atoms with van der Waals surface area (Å²) in [6, 6.07) is 6.70. The van der Waals surface area contributed by atoms with E-state index in [1.54, 1.807) is 29.2 Å². The molecule has 0 unspecified atom stereocenters. The van der Waals surface area contributed by atoms with Gasteiger partial charge in [-0.1, -0.05) is 11.6 Å². The standard InChI is InChI=1S/C17H19ClN4O3/c1-25-15-3-2-11(18)8-12(15)17(24)22-6-4-10(5-7-22)13-9-14(16(19)23)21-20-13/h2-3,8-10H,4-7H2,1H3,(H2,19,23)(H,20,21). The Bertz CT molecular complexity index is 797. The molecular weight excluding hydrogens is 344 g/mol. The predicted molar refractivity (Wildman–Crippen MR) is 93.0 cm³/mol. The molecule has 1 saturated heterocycles. The number of carbonyl (C=O) groups is 2. The number of H-pyrrole nitrogens is 1. The first-order chi connectivity index (χ1) is 12.0. The van der Waals surface area contributed by atoms with Crippen LogP contribution in [0.4, 0.5) is 0 Å². The van der Waals surface area contributed by atoms with Gasteiger partial charge in [0.2, 0.25) is 0 Å². The van der Waals surface area contributed by atoms with Crippen molar-refractivity contribution in [2.75, 3.05) is 20.2 Å². The van der Waals surface area contributed by atoms with E-state index in [4.69, 9.17) is 22.1 Å². The number of aromatic nitrogens is 2. The lowest BCUT2D eigenvalue weighted by atomic mass is 9.93. The zero-order chi connectivity index (χ0) is 18.0. The van der Waals surface area contributed by atoms with Gasteiger partial charge in [0.25, 0.3) is 11.8 Å². The van der Waals surface area contributed by atoms with Gasteiger partial charge in [-0.15, -0.1) is 0 Å². The van der Waals surface area contributed by atoms with Crippen LogP contribution in [-0.2, 0) is 0 Å². The third-order valence-electron chi connectivity index (χ3n) is 4.46. The molecular formula is C17H19ClN4O3. The molecule has 0 saturated carbocycles. The van der Waals surface area contributed by atoms with Gasteiger partial charge in [0.05, 0.1) is 12.7 Å². The molecule has 1 aromatic heterocycles. The lowest BCUT2D eigenvalue weighted by molar-refractivity contribution is 0.0708. The highest BCUT2D eigenvalue weighted by Gasteiger charge is 2.27. The van der Waals surface area contributed by atoms with Crippen molar-refractivity contribution < 1.29 is 14.3 Å². The quantitative estimate of drug-likeness (QED) is 0.870. The minimum Gasteiger partial charge on any atom is -0.496 e. The van der Waals surface area contributed by atoms with E-state index in [1.165, 1.54) is 7.11 Å². The molecule has 0 bridgehead atoms. The number of likely N-dealkylation sites (tertiary alicyclic amines) is 1. The lowest BCUT2D eigenvalue weighted by Gasteiger charge is -2.31. The van der Waals surface area contributed by atoms with Crippen molar-refractivity contribution in [1.82, 2.24) is 15.1 Å². The molecule has 1 fully saturated rings. The second kappa shape index (κ2) is 7.14. The maximum absolute atomic E-state index is 12.8. The summed E-state index contributed by atoms with van der Waals surface area (Å²) in [4.78, 5) is 25.7. The number of hydrogen-bond donors (Lipinski definition) is 2. The number of piperidine rings is 1. The van der Waals surface area contributed by atoms with Gasteiger partial charge in [-0.05, 0) is 37.1 Å². The van der Waals surface area contributed by atoms with Crippen molar-refractivity contribution in [2.45, 2.75) is 18.8 Å². The van der Waals surface area contributed by atoms with Crippen molar-refractivity contribution in [1.29, 1.82) is 0 Å². The Labute approximate surface area is 150 Å². The molecule has 25 heavy (non-hydrogen) atoms. The van der Waals surface area contributed by atoms with E-state index in [-0.39, 0.29) is 17.5 Å². The SMILES string of the molecule is COc1ccc(Cl)cc1C(=O)N1CCC(c2cc(C(N)=O)n[nH]2)CC1. The Morgan fingerprint density at radius 3 is 2.64 bits per heavy atom. The molecule has 1 aliphatic heterocycles. The van der Waals surface area contributed by atoms with Crippen LogP contribution in [0.25, 0.3) is 0 Å². The Kier molecular flexibility index (Phi) is 4.94. The number of rotatable bonds is 4. The van der Waals surface area contributed by atoms with E-state index in [0.29, 0.717) is 29.4 Å². The zero-order valence-corrected chi connectivity index (χ0v) is 14.5. The molecule has 7 nitrogen and oxygen atoms in total. The minimum atomic E-state index is -0.553. The third kappa shape index (κ3) is 3.61. The molecule has 1 aromatic carbocycles. The van der Waals surface area contributed by atoms with E-state index in [1.807, 2.05) is 0 Å². The van der Waals surface area contributed by atoms with Crippen molar-refractivity contribution >= 4 is 23.4 Å². The summed E-state index contributed by atoms with van der Waals surface area (Å²) >= 11 is 6.01. The molecule has 2 aromatic rings. The Morgan fingerprint density at radius 2 is 2.04 bits per heavy atom. The Balaban J connectivity index is 1.68. The smallest absolute Gasteiger partial charge is 0.269 e. The number of hydrogen-bond acceptors (Lipinski definition) is 4. The van der Waals surface area contributed by atoms with Gasteiger partial charge in [0.1, 0.15) is 11.4 Å². The molecule has 0 aliphatic carbocycles. The fraction of sp³-hybridized carbons (Fsp3) is 0.353. The predicted octanol–water partition coefficient (Wildman–Crippen LogP) is 2.19. The first-order valence-corrected chi connectivity index (χ1v) is 8.35. The van der Waals surface area contributed by atoms with Crippen LogP contribution in [0.3, 0.4) is 0 Å². The van der Waals surface area contributed by atoms with Crippen LogP contribution < -0.4 is 10.5 Å². The number of nitrogens with one attached hydrogen (secondary N) is 1. The van der Waals surface area contributed by atoms with Gasteiger partial charge in [0.15, 0.2) is 0 Å². The van der Waals surface area contributed by atoms with E-state index in [2.05, 4.69) is 10.2 Å². The number of nitrogens with zero attached hydrogens (tertiary/aromatic N) is 2. The topological polar surface area (TPSA) is 101 Å². The number of nitrogens with two attached hydrogens (primary N) is 1. The Hall–Kier alpha value is -2.54. The van der Waals surface area contributed by atoms with Crippen molar-refractivity contribution in [3.63, 3.8) is 0 Å². The van der Waals surface area contributed by atoms with Crippen LogP contribution in [0.15, 0.2) is 24.3 Å². The average Bonchev–Trinajstić information content (AvgIpc) is 3.11. The van der Waals surface area contributed by atoms with Crippen LogP contribution in [0, 0.1) is 0 Å². The summed E-state index contributed by atoms with van der Waals surface area (Å²) < 4.78 is 5.26. The Morgan fingerprint density at radius 1 is 1.32 bits per heavy atom. The summed E-state index contributed by atoms with van der Waals surface area (Å²) in [5.41, 5.74) is 6.80. The summed E-state index contributed by atoms with van der Waals surface area (Å²) in [6.07, 6.45) is 1.55. The molecule has 8 heteroatoms. The van der Waals surface area contributed by atoms with E-state index < -0.39 is 5.91 Å². The maximum Gasteiger partial charge on any atom is 0.269 e. The number of halogens is 1. The summed E-state index contributed by atoms with van der Waals surface area (Å²) in [7, 11) is 1.53. The number of amides is 2. The summed E-state index contributed by atoms with van der Waals surface area (Å²) in [5, 5.41) is 7.28. The largest absolute Gasteiger partial charge is 0.496 e. The summed E-state index contributed by atoms with van der Waals surface area (Å²) in [5.74, 6) is 0.0745.